The first-order valence-corrected chi connectivity index (χ1v) is 7.01. The van der Waals surface area contributed by atoms with Crippen molar-refractivity contribution in [3.05, 3.63) is 35.6 Å². The molecule has 1 aromatic carbocycles. The SMILES string of the molecule is CN1CCCCC1CNCC(O)c1ccc(F)cc1. The first kappa shape index (κ1) is 14.4. The molecule has 2 unspecified atom stereocenters. The summed E-state index contributed by atoms with van der Waals surface area (Å²) in [4.78, 5) is 2.38. The number of halogens is 1. The van der Waals surface area contributed by atoms with Crippen LogP contribution in [0.25, 0.3) is 0 Å². The highest BCUT2D eigenvalue weighted by atomic mass is 19.1. The van der Waals surface area contributed by atoms with Gasteiger partial charge in [-0.2, -0.15) is 0 Å². The molecule has 2 rings (SSSR count). The van der Waals surface area contributed by atoms with Gasteiger partial charge in [-0.3, -0.25) is 0 Å². The van der Waals surface area contributed by atoms with E-state index in [4.69, 9.17) is 0 Å². The van der Waals surface area contributed by atoms with E-state index in [2.05, 4.69) is 17.3 Å². The van der Waals surface area contributed by atoms with Crippen molar-refractivity contribution in [1.82, 2.24) is 10.2 Å². The highest BCUT2D eigenvalue weighted by Gasteiger charge is 2.18. The lowest BCUT2D eigenvalue weighted by atomic mass is 10.0. The third-order valence-electron chi connectivity index (χ3n) is 3.89. The average Bonchev–Trinajstić information content (AvgIpc) is 2.41. The molecule has 2 N–H and O–H groups in total. The Labute approximate surface area is 114 Å². The van der Waals surface area contributed by atoms with E-state index in [0.717, 1.165) is 18.7 Å². The molecule has 1 aliphatic heterocycles. The highest BCUT2D eigenvalue weighted by Crippen LogP contribution is 2.15. The molecule has 0 saturated carbocycles. The number of hydrogen-bond donors (Lipinski definition) is 2. The van der Waals surface area contributed by atoms with Crippen LogP contribution in [-0.4, -0.2) is 42.7 Å². The van der Waals surface area contributed by atoms with Crippen LogP contribution in [-0.2, 0) is 0 Å². The Balaban J connectivity index is 1.74. The fraction of sp³-hybridized carbons (Fsp3) is 0.600. The number of piperidine rings is 1. The second-order valence-corrected chi connectivity index (χ2v) is 5.36. The van der Waals surface area contributed by atoms with Crippen LogP contribution in [0.1, 0.15) is 30.9 Å². The Kier molecular flexibility index (Phi) is 5.31. The molecular weight excluding hydrogens is 243 g/mol. The van der Waals surface area contributed by atoms with E-state index in [1.165, 1.54) is 31.4 Å². The van der Waals surface area contributed by atoms with Crippen molar-refractivity contribution in [3.8, 4) is 0 Å². The maximum Gasteiger partial charge on any atom is 0.123 e. The molecule has 1 aromatic rings. The predicted octanol–water partition coefficient (Wildman–Crippen LogP) is 1.93. The standard InChI is InChI=1S/C15H23FN2O/c1-18-9-3-2-4-14(18)10-17-11-15(19)12-5-7-13(16)8-6-12/h5-8,14-15,17,19H,2-4,9-11H2,1H3. The van der Waals surface area contributed by atoms with E-state index in [1.54, 1.807) is 12.1 Å². The number of nitrogens with zero attached hydrogens (tertiary/aromatic N) is 1. The Bertz CT molecular complexity index is 382. The molecule has 1 aliphatic rings. The summed E-state index contributed by atoms with van der Waals surface area (Å²) >= 11 is 0. The number of hydrogen-bond acceptors (Lipinski definition) is 3. The van der Waals surface area contributed by atoms with Gasteiger partial charge in [-0.05, 0) is 44.1 Å². The average molecular weight is 266 g/mol. The van der Waals surface area contributed by atoms with Gasteiger partial charge in [0.2, 0.25) is 0 Å². The fourth-order valence-electron chi connectivity index (χ4n) is 2.59. The van der Waals surface area contributed by atoms with E-state index in [0.29, 0.717) is 12.6 Å². The van der Waals surface area contributed by atoms with Gasteiger partial charge >= 0.3 is 0 Å². The van der Waals surface area contributed by atoms with Crippen LogP contribution < -0.4 is 5.32 Å². The quantitative estimate of drug-likeness (QED) is 0.855. The summed E-state index contributed by atoms with van der Waals surface area (Å²) in [6.45, 7) is 2.57. The molecule has 0 amide bonds. The topological polar surface area (TPSA) is 35.5 Å². The van der Waals surface area contributed by atoms with Gasteiger partial charge in [-0.25, -0.2) is 4.39 Å². The molecule has 0 spiro atoms. The molecule has 1 saturated heterocycles. The molecule has 0 aliphatic carbocycles. The first-order chi connectivity index (χ1) is 9.16. The molecule has 1 heterocycles. The van der Waals surface area contributed by atoms with Gasteiger partial charge in [0, 0.05) is 19.1 Å². The van der Waals surface area contributed by atoms with Gasteiger partial charge in [0.15, 0.2) is 0 Å². The van der Waals surface area contributed by atoms with Crippen LogP contribution >= 0.6 is 0 Å². The number of benzene rings is 1. The number of nitrogens with one attached hydrogen (secondary N) is 1. The van der Waals surface area contributed by atoms with Crippen LogP contribution in [0, 0.1) is 5.82 Å². The lowest BCUT2D eigenvalue weighted by Crippen LogP contribution is -2.43. The van der Waals surface area contributed by atoms with Crippen molar-refractivity contribution in [1.29, 1.82) is 0 Å². The predicted molar refractivity (Wildman–Crippen MR) is 74.5 cm³/mol. The Hall–Kier alpha value is -0.970. The largest absolute Gasteiger partial charge is 0.387 e. The molecule has 2 atom stereocenters. The number of likely N-dealkylation sites (N-methyl/N-ethyl adjacent to an activating group) is 1. The fourth-order valence-corrected chi connectivity index (χ4v) is 2.59. The first-order valence-electron chi connectivity index (χ1n) is 7.01. The van der Waals surface area contributed by atoms with Crippen molar-refractivity contribution >= 4 is 0 Å². The number of aliphatic hydroxyl groups excluding tert-OH is 1. The smallest absolute Gasteiger partial charge is 0.123 e. The lowest BCUT2D eigenvalue weighted by Gasteiger charge is -2.32. The van der Waals surface area contributed by atoms with Crippen LogP contribution in [0.15, 0.2) is 24.3 Å². The van der Waals surface area contributed by atoms with E-state index >= 15 is 0 Å². The highest BCUT2D eigenvalue weighted by molar-refractivity contribution is 5.18. The van der Waals surface area contributed by atoms with Gasteiger partial charge in [0.25, 0.3) is 0 Å². The molecule has 0 radical (unpaired) electrons. The van der Waals surface area contributed by atoms with Crippen LogP contribution in [0.4, 0.5) is 4.39 Å². The maximum atomic E-state index is 12.8. The molecule has 4 heteroatoms. The van der Waals surface area contributed by atoms with Crippen molar-refractivity contribution in [2.45, 2.75) is 31.4 Å². The molecular formula is C15H23FN2O. The van der Waals surface area contributed by atoms with E-state index in [1.807, 2.05) is 0 Å². The normalized spacial score (nSPS) is 22.4. The van der Waals surface area contributed by atoms with Crippen LogP contribution in [0.5, 0.6) is 0 Å². The summed E-state index contributed by atoms with van der Waals surface area (Å²) in [7, 11) is 2.15. The van der Waals surface area contributed by atoms with Gasteiger partial charge < -0.3 is 15.3 Å². The second-order valence-electron chi connectivity index (χ2n) is 5.36. The summed E-state index contributed by atoms with van der Waals surface area (Å²) in [5.41, 5.74) is 0.755. The second kappa shape index (κ2) is 6.98. The maximum absolute atomic E-state index is 12.8. The Morgan fingerprint density at radius 1 is 1.37 bits per heavy atom. The molecule has 3 nitrogen and oxygen atoms in total. The van der Waals surface area contributed by atoms with Crippen molar-refractivity contribution in [2.75, 3.05) is 26.7 Å². The summed E-state index contributed by atoms with van der Waals surface area (Å²) in [6, 6.07) is 6.60. The minimum atomic E-state index is -0.575. The van der Waals surface area contributed by atoms with E-state index < -0.39 is 6.10 Å². The van der Waals surface area contributed by atoms with Crippen LogP contribution in [0.3, 0.4) is 0 Å². The Morgan fingerprint density at radius 3 is 2.79 bits per heavy atom. The van der Waals surface area contributed by atoms with Gasteiger partial charge in [-0.15, -0.1) is 0 Å². The molecule has 0 aromatic heterocycles. The van der Waals surface area contributed by atoms with Crippen molar-refractivity contribution in [2.24, 2.45) is 0 Å². The number of likely N-dealkylation sites (tertiary alicyclic amines) is 1. The Morgan fingerprint density at radius 2 is 2.11 bits per heavy atom. The van der Waals surface area contributed by atoms with Gasteiger partial charge in [0.1, 0.15) is 5.82 Å². The van der Waals surface area contributed by atoms with Crippen LogP contribution in [0.2, 0.25) is 0 Å². The molecule has 1 fully saturated rings. The van der Waals surface area contributed by atoms with Crippen molar-refractivity contribution < 1.29 is 9.50 Å². The van der Waals surface area contributed by atoms with Crippen molar-refractivity contribution in [3.63, 3.8) is 0 Å². The van der Waals surface area contributed by atoms with Gasteiger partial charge in [0.05, 0.1) is 6.10 Å². The summed E-state index contributed by atoms with van der Waals surface area (Å²) < 4.78 is 12.8. The van der Waals surface area contributed by atoms with E-state index in [-0.39, 0.29) is 5.82 Å². The van der Waals surface area contributed by atoms with E-state index in [9.17, 15) is 9.50 Å². The lowest BCUT2D eigenvalue weighted by molar-refractivity contribution is 0.153. The zero-order valence-electron chi connectivity index (χ0n) is 11.5. The minimum absolute atomic E-state index is 0.271. The molecule has 0 bridgehead atoms. The third kappa shape index (κ3) is 4.27. The number of aliphatic hydroxyl groups is 1. The van der Waals surface area contributed by atoms with Gasteiger partial charge in [-0.1, -0.05) is 18.6 Å². The zero-order valence-corrected chi connectivity index (χ0v) is 11.5. The monoisotopic (exact) mass is 266 g/mol. The molecule has 106 valence electrons. The third-order valence-corrected chi connectivity index (χ3v) is 3.89. The summed E-state index contributed by atoms with van der Waals surface area (Å²) in [5, 5.41) is 13.3. The number of rotatable bonds is 5. The molecule has 19 heavy (non-hydrogen) atoms. The summed E-state index contributed by atoms with van der Waals surface area (Å²) in [5.74, 6) is -0.271. The minimum Gasteiger partial charge on any atom is -0.387 e. The zero-order chi connectivity index (χ0) is 13.7. The summed E-state index contributed by atoms with van der Waals surface area (Å²) in [6.07, 6.45) is 3.22.